The number of hydrogen-bond donors (Lipinski definition) is 2. The van der Waals surface area contributed by atoms with Crippen LogP contribution in [0.25, 0.3) is 0 Å². The molecular weight excluding hydrogens is 477 g/mol. The summed E-state index contributed by atoms with van der Waals surface area (Å²) in [5.74, 6) is -0.899. The van der Waals surface area contributed by atoms with Crippen molar-refractivity contribution in [3.63, 3.8) is 0 Å². The molecule has 0 aromatic heterocycles. The molecule has 35 heavy (non-hydrogen) atoms. The van der Waals surface area contributed by atoms with Gasteiger partial charge >= 0.3 is 5.97 Å². The van der Waals surface area contributed by atoms with Crippen molar-refractivity contribution in [2.45, 2.75) is 30.1 Å². The molecule has 1 aliphatic carbocycles. The van der Waals surface area contributed by atoms with Gasteiger partial charge in [0, 0.05) is 12.3 Å². The number of nitrogens with one attached hydrogen (secondary N) is 2. The van der Waals surface area contributed by atoms with Gasteiger partial charge in [-0.1, -0.05) is 6.07 Å². The van der Waals surface area contributed by atoms with Crippen LogP contribution in [0.1, 0.15) is 41.1 Å². The Balaban J connectivity index is 1.64. The highest BCUT2D eigenvalue weighted by Crippen LogP contribution is 2.55. The standard InChI is InChI=1S/C24H28FN3O6S/c1-28(2)10-4-5-21(29)26-19-12-15(25)6-9-20(19)35(31,32)27-18-8-7-16-17-11-14(17)13-34-23(16)22(18)24(30)33-3/h6-9,12,14,17,27H,4-5,10-11,13H2,1-3H3,(H,26,29). The van der Waals surface area contributed by atoms with Gasteiger partial charge in [0.05, 0.1) is 25.1 Å². The summed E-state index contributed by atoms with van der Waals surface area (Å²) in [5, 5.41) is 2.49. The lowest BCUT2D eigenvalue weighted by molar-refractivity contribution is -0.116. The van der Waals surface area contributed by atoms with Crippen molar-refractivity contribution in [2.24, 2.45) is 5.92 Å². The molecule has 1 fully saturated rings. The quantitative estimate of drug-likeness (QED) is 0.503. The summed E-state index contributed by atoms with van der Waals surface area (Å²) < 4.78 is 53.7. The molecule has 11 heteroatoms. The SMILES string of the molecule is COC(=O)c1c(NS(=O)(=O)c2ccc(F)cc2NC(=O)CCCN(C)C)ccc2c1OCC1CC21. The Bertz CT molecular complexity index is 1260. The largest absolute Gasteiger partial charge is 0.492 e. The van der Waals surface area contributed by atoms with Crippen molar-refractivity contribution >= 4 is 33.3 Å². The van der Waals surface area contributed by atoms with E-state index in [4.69, 9.17) is 9.47 Å². The van der Waals surface area contributed by atoms with Gasteiger partial charge in [-0.3, -0.25) is 9.52 Å². The van der Waals surface area contributed by atoms with E-state index in [9.17, 15) is 22.4 Å². The lowest BCUT2D eigenvalue weighted by atomic mass is 10.0. The van der Waals surface area contributed by atoms with E-state index in [1.54, 1.807) is 6.07 Å². The zero-order chi connectivity index (χ0) is 25.3. The molecule has 1 saturated carbocycles. The molecule has 0 saturated heterocycles. The lowest BCUT2D eigenvalue weighted by Crippen LogP contribution is -2.22. The van der Waals surface area contributed by atoms with Crippen LogP contribution < -0.4 is 14.8 Å². The molecule has 0 radical (unpaired) electrons. The molecule has 1 amide bonds. The number of esters is 1. The van der Waals surface area contributed by atoms with E-state index in [1.807, 2.05) is 19.0 Å². The summed E-state index contributed by atoms with van der Waals surface area (Å²) in [4.78, 5) is 26.6. The zero-order valence-corrected chi connectivity index (χ0v) is 20.6. The van der Waals surface area contributed by atoms with Crippen molar-refractivity contribution in [1.82, 2.24) is 4.90 Å². The highest BCUT2D eigenvalue weighted by Gasteiger charge is 2.45. The van der Waals surface area contributed by atoms with E-state index in [-0.39, 0.29) is 34.2 Å². The van der Waals surface area contributed by atoms with Crippen molar-refractivity contribution < 1.29 is 31.9 Å². The number of ether oxygens (including phenoxy) is 2. The first kappa shape index (κ1) is 24.9. The molecule has 2 N–H and O–H groups in total. The molecule has 2 aliphatic rings. The molecule has 2 unspecified atom stereocenters. The zero-order valence-electron chi connectivity index (χ0n) is 19.8. The van der Waals surface area contributed by atoms with E-state index in [1.165, 1.54) is 13.2 Å². The Hall–Kier alpha value is -3.18. The van der Waals surface area contributed by atoms with Crippen LogP contribution in [0.4, 0.5) is 15.8 Å². The number of anilines is 2. The Morgan fingerprint density at radius 1 is 1.20 bits per heavy atom. The van der Waals surface area contributed by atoms with Crippen LogP contribution in [0.2, 0.25) is 0 Å². The molecule has 188 valence electrons. The number of fused-ring (bicyclic) bond motifs is 3. The number of hydrogen-bond acceptors (Lipinski definition) is 7. The van der Waals surface area contributed by atoms with Gasteiger partial charge in [-0.2, -0.15) is 0 Å². The van der Waals surface area contributed by atoms with Gasteiger partial charge in [-0.05, 0) is 69.2 Å². The third kappa shape index (κ3) is 5.40. The summed E-state index contributed by atoms with van der Waals surface area (Å²) in [7, 11) is 0.610. The predicted octanol–water partition coefficient (Wildman–Crippen LogP) is 3.19. The van der Waals surface area contributed by atoms with Crippen LogP contribution in [0.15, 0.2) is 35.2 Å². The fraction of sp³-hybridized carbons (Fsp3) is 0.417. The van der Waals surface area contributed by atoms with Crippen LogP contribution in [0.5, 0.6) is 5.75 Å². The summed E-state index contributed by atoms with van der Waals surface area (Å²) in [6.45, 7) is 1.11. The van der Waals surface area contributed by atoms with E-state index in [0.717, 1.165) is 30.2 Å². The molecular formula is C24H28FN3O6S. The number of carbonyl (C=O) groups excluding carboxylic acids is 2. The number of amides is 1. The van der Waals surface area contributed by atoms with Crippen molar-refractivity contribution in [2.75, 3.05) is 44.4 Å². The minimum atomic E-state index is -4.34. The second-order valence-corrected chi connectivity index (χ2v) is 10.7. The lowest BCUT2D eigenvalue weighted by Gasteiger charge is -2.22. The van der Waals surface area contributed by atoms with Crippen molar-refractivity contribution in [3.05, 3.63) is 47.3 Å². The Morgan fingerprint density at radius 3 is 2.69 bits per heavy atom. The van der Waals surface area contributed by atoms with Gasteiger partial charge in [-0.15, -0.1) is 0 Å². The molecule has 2 aromatic carbocycles. The highest BCUT2D eigenvalue weighted by molar-refractivity contribution is 7.92. The Kier molecular flexibility index (Phi) is 7.00. The van der Waals surface area contributed by atoms with E-state index < -0.39 is 27.7 Å². The van der Waals surface area contributed by atoms with E-state index in [2.05, 4.69) is 10.0 Å². The summed E-state index contributed by atoms with van der Waals surface area (Å²) in [6, 6.07) is 6.23. The molecule has 0 bridgehead atoms. The third-order valence-electron chi connectivity index (χ3n) is 6.10. The maximum atomic E-state index is 14.0. The molecule has 1 aliphatic heterocycles. The highest BCUT2D eigenvalue weighted by atomic mass is 32.2. The average molecular weight is 506 g/mol. The summed E-state index contributed by atoms with van der Waals surface area (Å²) in [5.41, 5.74) is 0.608. The normalized spacial score (nSPS) is 18.2. The molecule has 2 atom stereocenters. The number of nitrogens with zero attached hydrogens (tertiary/aromatic N) is 1. The maximum absolute atomic E-state index is 14.0. The van der Waals surface area contributed by atoms with E-state index >= 15 is 0 Å². The van der Waals surface area contributed by atoms with Crippen molar-refractivity contribution in [1.29, 1.82) is 0 Å². The number of methoxy groups -OCH3 is 1. The first-order chi connectivity index (χ1) is 16.6. The minimum Gasteiger partial charge on any atom is -0.492 e. The smallest absolute Gasteiger partial charge is 0.343 e. The maximum Gasteiger partial charge on any atom is 0.343 e. The molecule has 4 rings (SSSR count). The van der Waals surface area contributed by atoms with Crippen LogP contribution in [-0.2, 0) is 19.6 Å². The van der Waals surface area contributed by atoms with Crippen LogP contribution >= 0.6 is 0 Å². The fourth-order valence-electron chi connectivity index (χ4n) is 4.24. The van der Waals surface area contributed by atoms with Gasteiger partial charge in [0.2, 0.25) is 5.91 Å². The summed E-state index contributed by atoms with van der Waals surface area (Å²) in [6.07, 6.45) is 1.64. The van der Waals surface area contributed by atoms with Crippen LogP contribution in [0, 0.1) is 11.7 Å². The second kappa shape index (κ2) is 9.82. The second-order valence-electron chi connectivity index (χ2n) is 9.01. The van der Waals surface area contributed by atoms with Gasteiger partial charge < -0.3 is 19.7 Å². The molecule has 0 spiro atoms. The number of benzene rings is 2. The number of halogens is 1. The van der Waals surface area contributed by atoms with Gasteiger partial charge in [0.25, 0.3) is 10.0 Å². The minimum absolute atomic E-state index is 0.0182. The van der Waals surface area contributed by atoms with Gasteiger partial charge in [0.1, 0.15) is 22.0 Å². The first-order valence-electron chi connectivity index (χ1n) is 11.3. The monoisotopic (exact) mass is 505 g/mol. The van der Waals surface area contributed by atoms with Gasteiger partial charge in [0.15, 0.2) is 0 Å². The van der Waals surface area contributed by atoms with Crippen LogP contribution in [-0.4, -0.2) is 59.6 Å². The Morgan fingerprint density at radius 2 is 1.97 bits per heavy atom. The van der Waals surface area contributed by atoms with Gasteiger partial charge in [-0.25, -0.2) is 17.6 Å². The molecule has 9 nitrogen and oxygen atoms in total. The number of carbonyl (C=O) groups is 2. The topological polar surface area (TPSA) is 114 Å². The van der Waals surface area contributed by atoms with Crippen LogP contribution in [0.3, 0.4) is 0 Å². The fourth-order valence-corrected chi connectivity index (χ4v) is 5.46. The predicted molar refractivity (Wildman–Crippen MR) is 128 cm³/mol. The first-order valence-corrected chi connectivity index (χ1v) is 12.7. The third-order valence-corrected chi connectivity index (χ3v) is 7.52. The Labute approximate surface area is 203 Å². The van der Waals surface area contributed by atoms with E-state index in [0.29, 0.717) is 31.2 Å². The molecule has 2 aromatic rings. The molecule has 1 heterocycles. The number of sulfonamides is 1. The summed E-state index contributed by atoms with van der Waals surface area (Å²) >= 11 is 0. The average Bonchev–Trinajstić information content (AvgIpc) is 3.58. The number of rotatable bonds is 9. The van der Waals surface area contributed by atoms with Crippen molar-refractivity contribution in [3.8, 4) is 5.75 Å².